The van der Waals surface area contributed by atoms with Crippen LogP contribution in [0, 0.1) is 23.7 Å². The van der Waals surface area contributed by atoms with Crippen molar-refractivity contribution in [1.29, 1.82) is 0 Å². The van der Waals surface area contributed by atoms with Gasteiger partial charge in [-0.2, -0.15) is 0 Å². The fourth-order valence-corrected chi connectivity index (χ4v) is 3.50. The molecule has 2 heterocycles. The van der Waals surface area contributed by atoms with E-state index in [1.807, 2.05) is 6.92 Å². The van der Waals surface area contributed by atoms with Crippen molar-refractivity contribution in [3.05, 3.63) is 0 Å². The minimum Gasteiger partial charge on any atom is -0.393 e. The van der Waals surface area contributed by atoms with Crippen LogP contribution >= 0.6 is 0 Å². The molecule has 6 unspecified atom stereocenters. The smallest absolute Gasteiger partial charge is 0.320 e. The predicted octanol–water partition coefficient (Wildman–Crippen LogP) is 0.468. The Morgan fingerprint density at radius 3 is 1.88 bits per heavy atom. The molecule has 2 fully saturated rings. The van der Waals surface area contributed by atoms with E-state index >= 15 is 0 Å². The number of esters is 4. The summed E-state index contributed by atoms with van der Waals surface area (Å²) in [7, 11) is 2.85. The van der Waals surface area contributed by atoms with E-state index in [1.54, 1.807) is 6.92 Å². The van der Waals surface area contributed by atoms with Gasteiger partial charge in [-0.05, 0) is 12.8 Å². The number of cyclic esters (lactones) is 4. The Hall–Kier alpha value is -1.80. The largest absolute Gasteiger partial charge is 0.393 e. The standard InChI is InChI=1S/C16H22O8/c1-5-9(21-3)12-8(14(18)24-16(12)20)6-10(22-4)11-7(2)13(17)23-15(11)19/h7-12H,5-6H2,1-4H3. The third-order valence-corrected chi connectivity index (χ3v) is 4.89. The first-order valence-corrected chi connectivity index (χ1v) is 7.92. The van der Waals surface area contributed by atoms with Crippen molar-refractivity contribution in [3.63, 3.8) is 0 Å². The molecule has 2 rings (SSSR count). The first-order chi connectivity index (χ1) is 11.3. The van der Waals surface area contributed by atoms with Crippen LogP contribution in [0.25, 0.3) is 0 Å². The molecule has 0 amide bonds. The summed E-state index contributed by atoms with van der Waals surface area (Å²) in [5.74, 6) is -5.60. The van der Waals surface area contributed by atoms with Gasteiger partial charge in [-0.1, -0.05) is 13.8 Å². The third kappa shape index (κ3) is 3.21. The minimum absolute atomic E-state index is 0.0724. The first-order valence-electron chi connectivity index (χ1n) is 7.92. The van der Waals surface area contributed by atoms with Gasteiger partial charge in [0.2, 0.25) is 0 Å². The number of hydrogen-bond donors (Lipinski definition) is 0. The lowest BCUT2D eigenvalue weighted by Gasteiger charge is -2.27. The Balaban J connectivity index is 2.22. The van der Waals surface area contributed by atoms with Gasteiger partial charge in [0.1, 0.15) is 0 Å². The van der Waals surface area contributed by atoms with Crippen LogP contribution in [-0.4, -0.2) is 50.3 Å². The molecular weight excluding hydrogens is 320 g/mol. The molecule has 0 N–H and O–H groups in total. The van der Waals surface area contributed by atoms with Crippen LogP contribution in [0.2, 0.25) is 0 Å². The predicted molar refractivity (Wildman–Crippen MR) is 78.3 cm³/mol. The third-order valence-electron chi connectivity index (χ3n) is 4.89. The van der Waals surface area contributed by atoms with Crippen LogP contribution in [0.4, 0.5) is 0 Å². The SMILES string of the molecule is CCC(OC)C1C(=O)OC(=O)C1CC(OC)C1C(=O)OC(=O)C1C. The van der Waals surface area contributed by atoms with Gasteiger partial charge >= 0.3 is 23.9 Å². The first kappa shape index (κ1) is 18.5. The van der Waals surface area contributed by atoms with Gasteiger partial charge in [-0.15, -0.1) is 0 Å². The second-order valence-corrected chi connectivity index (χ2v) is 6.12. The van der Waals surface area contributed by atoms with Gasteiger partial charge in [0.15, 0.2) is 0 Å². The van der Waals surface area contributed by atoms with Crippen LogP contribution in [0.3, 0.4) is 0 Å². The summed E-state index contributed by atoms with van der Waals surface area (Å²) in [5.41, 5.74) is 0. The van der Waals surface area contributed by atoms with E-state index in [9.17, 15) is 19.2 Å². The zero-order valence-electron chi connectivity index (χ0n) is 14.1. The molecule has 0 spiro atoms. The van der Waals surface area contributed by atoms with Crippen molar-refractivity contribution in [2.45, 2.75) is 38.9 Å². The number of rotatable bonds is 7. The summed E-state index contributed by atoms with van der Waals surface area (Å²) in [6.45, 7) is 3.41. The van der Waals surface area contributed by atoms with Crippen LogP contribution in [-0.2, 0) is 38.1 Å². The lowest BCUT2D eigenvalue weighted by molar-refractivity contribution is -0.157. The molecule has 0 aromatic carbocycles. The van der Waals surface area contributed by atoms with E-state index < -0.39 is 59.8 Å². The Kier molecular flexibility index (Phi) is 5.71. The van der Waals surface area contributed by atoms with Crippen molar-refractivity contribution in [3.8, 4) is 0 Å². The van der Waals surface area contributed by atoms with Crippen LogP contribution in [0.1, 0.15) is 26.7 Å². The summed E-state index contributed by atoms with van der Waals surface area (Å²) in [6.07, 6.45) is -0.610. The molecular formula is C16H22O8. The Labute approximate surface area is 139 Å². The highest BCUT2D eigenvalue weighted by atomic mass is 16.6. The van der Waals surface area contributed by atoms with Gasteiger partial charge in [-0.25, -0.2) is 0 Å². The molecule has 8 heteroatoms. The minimum atomic E-state index is -0.811. The van der Waals surface area contributed by atoms with E-state index in [0.717, 1.165) is 0 Å². The second kappa shape index (κ2) is 7.40. The molecule has 2 aliphatic heterocycles. The molecule has 2 aliphatic rings. The number of carbonyl (C=O) groups is 4. The molecule has 0 saturated carbocycles. The summed E-state index contributed by atoms with van der Waals surface area (Å²) < 4.78 is 20.0. The Morgan fingerprint density at radius 2 is 1.42 bits per heavy atom. The van der Waals surface area contributed by atoms with Gasteiger partial charge in [-0.3, -0.25) is 19.2 Å². The molecule has 134 valence electrons. The molecule has 0 aromatic rings. The summed E-state index contributed by atoms with van der Waals surface area (Å²) in [5, 5.41) is 0. The molecule has 8 nitrogen and oxygen atoms in total. The monoisotopic (exact) mass is 342 g/mol. The lowest BCUT2D eigenvalue weighted by Crippen LogP contribution is -2.38. The lowest BCUT2D eigenvalue weighted by atomic mass is 9.80. The van der Waals surface area contributed by atoms with Crippen molar-refractivity contribution in [1.82, 2.24) is 0 Å². The number of carbonyl (C=O) groups excluding carboxylic acids is 4. The quantitative estimate of drug-likeness (QED) is 0.485. The van der Waals surface area contributed by atoms with E-state index in [2.05, 4.69) is 4.74 Å². The average Bonchev–Trinajstić information content (AvgIpc) is 2.95. The van der Waals surface area contributed by atoms with Gasteiger partial charge < -0.3 is 18.9 Å². The summed E-state index contributed by atoms with van der Waals surface area (Å²) >= 11 is 0. The highest BCUT2D eigenvalue weighted by Gasteiger charge is 2.52. The molecule has 0 aliphatic carbocycles. The van der Waals surface area contributed by atoms with Crippen LogP contribution < -0.4 is 0 Å². The summed E-state index contributed by atoms with van der Waals surface area (Å²) in [6, 6.07) is 0. The number of hydrogen-bond acceptors (Lipinski definition) is 8. The van der Waals surface area contributed by atoms with Gasteiger partial charge in [0.05, 0.1) is 35.9 Å². The highest BCUT2D eigenvalue weighted by molar-refractivity contribution is 5.98. The van der Waals surface area contributed by atoms with E-state index in [1.165, 1.54) is 14.2 Å². The van der Waals surface area contributed by atoms with Crippen molar-refractivity contribution >= 4 is 23.9 Å². The molecule has 2 saturated heterocycles. The maximum absolute atomic E-state index is 12.1. The maximum Gasteiger partial charge on any atom is 0.320 e. The van der Waals surface area contributed by atoms with E-state index in [4.69, 9.17) is 14.2 Å². The van der Waals surface area contributed by atoms with Gasteiger partial charge in [0.25, 0.3) is 0 Å². The Bertz CT molecular complexity index is 538. The van der Waals surface area contributed by atoms with Crippen molar-refractivity contribution in [2.75, 3.05) is 14.2 Å². The van der Waals surface area contributed by atoms with Crippen molar-refractivity contribution < 1.29 is 38.1 Å². The normalized spacial score (nSPS) is 32.7. The molecule has 0 radical (unpaired) electrons. The van der Waals surface area contributed by atoms with E-state index in [-0.39, 0.29) is 6.42 Å². The topological polar surface area (TPSA) is 105 Å². The fraction of sp³-hybridized carbons (Fsp3) is 0.750. The van der Waals surface area contributed by atoms with Crippen molar-refractivity contribution in [2.24, 2.45) is 23.7 Å². The Morgan fingerprint density at radius 1 is 0.875 bits per heavy atom. The van der Waals surface area contributed by atoms with E-state index in [0.29, 0.717) is 6.42 Å². The number of methoxy groups -OCH3 is 2. The number of ether oxygens (including phenoxy) is 4. The highest BCUT2D eigenvalue weighted by Crippen LogP contribution is 2.37. The molecule has 24 heavy (non-hydrogen) atoms. The molecule has 0 aromatic heterocycles. The average molecular weight is 342 g/mol. The fourth-order valence-electron chi connectivity index (χ4n) is 3.50. The molecule has 6 atom stereocenters. The summed E-state index contributed by atoms with van der Waals surface area (Å²) in [4.78, 5) is 47.6. The second-order valence-electron chi connectivity index (χ2n) is 6.12. The van der Waals surface area contributed by atoms with Gasteiger partial charge in [0, 0.05) is 14.2 Å². The zero-order valence-corrected chi connectivity index (χ0v) is 14.1. The maximum atomic E-state index is 12.1. The van der Waals surface area contributed by atoms with Crippen LogP contribution in [0.15, 0.2) is 0 Å². The zero-order chi connectivity index (χ0) is 18.0. The van der Waals surface area contributed by atoms with Crippen LogP contribution in [0.5, 0.6) is 0 Å². The molecule has 0 bridgehead atoms.